The number of rotatable bonds is 9. The second-order valence-electron chi connectivity index (χ2n) is 9.48. The zero-order valence-corrected chi connectivity index (χ0v) is 22.5. The third-order valence-electron chi connectivity index (χ3n) is 6.86. The molecule has 8 nitrogen and oxygen atoms in total. The normalized spacial score (nSPS) is 14.9. The number of hydrogen-bond acceptors (Lipinski definition) is 6. The molecule has 204 valence electrons. The van der Waals surface area contributed by atoms with Crippen molar-refractivity contribution >= 4 is 46.1 Å². The van der Waals surface area contributed by atoms with Crippen LogP contribution in [0.15, 0.2) is 90.0 Å². The second-order valence-corrected chi connectivity index (χ2v) is 9.89. The van der Waals surface area contributed by atoms with Crippen molar-refractivity contribution in [2.24, 2.45) is 5.10 Å². The molecule has 1 saturated heterocycles. The van der Waals surface area contributed by atoms with E-state index in [0.717, 1.165) is 41.4 Å². The molecule has 9 heteroatoms. The number of halogens is 1. The number of para-hydroxylation sites is 1. The first-order chi connectivity index (χ1) is 19.5. The minimum Gasteiger partial charge on any atom is -0.506 e. The van der Waals surface area contributed by atoms with Crippen molar-refractivity contribution in [3.8, 4) is 11.5 Å². The number of carbonyl (C=O) groups is 2. The highest BCUT2D eigenvalue weighted by Crippen LogP contribution is 2.28. The number of hydrazone groups is 1. The van der Waals surface area contributed by atoms with E-state index in [0.29, 0.717) is 12.3 Å². The lowest BCUT2D eigenvalue weighted by atomic mass is 10.0. The Bertz CT molecular complexity index is 1540. The molecule has 2 amide bonds. The molecule has 0 aliphatic carbocycles. The first-order valence-corrected chi connectivity index (χ1v) is 13.4. The van der Waals surface area contributed by atoms with Crippen LogP contribution in [0.1, 0.15) is 28.8 Å². The van der Waals surface area contributed by atoms with Crippen LogP contribution in [0.2, 0.25) is 5.02 Å². The molecule has 0 radical (unpaired) electrons. The summed E-state index contributed by atoms with van der Waals surface area (Å²) >= 11 is 5.89. The smallest absolute Gasteiger partial charge is 0.271 e. The number of nitrogens with zero attached hydrogens (tertiary/aromatic N) is 2. The Morgan fingerprint density at radius 3 is 2.60 bits per heavy atom. The molecule has 4 aromatic rings. The van der Waals surface area contributed by atoms with E-state index in [1.165, 1.54) is 18.2 Å². The molecule has 1 unspecified atom stereocenters. The summed E-state index contributed by atoms with van der Waals surface area (Å²) in [5.41, 5.74) is 4.55. The Hall–Kier alpha value is -4.56. The Labute approximate surface area is 237 Å². The number of hydrogen-bond donors (Lipinski definition) is 3. The lowest BCUT2D eigenvalue weighted by Gasteiger charge is -2.25. The predicted molar refractivity (Wildman–Crippen MR) is 157 cm³/mol. The Kier molecular flexibility index (Phi) is 8.47. The first kappa shape index (κ1) is 27.0. The number of nitrogens with one attached hydrogen (secondary N) is 2. The summed E-state index contributed by atoms with van der Waals surface area (Å²) in [5, 5.41) is 18.8. The standard InChI is InChI=1S/C31H29ClN4O4/c32-27-17-21(12-14-28(27)37)31(39)35-34-18-22-13-15-29(26-11-5-4-10-25(22)26)40-20-30(38)36-16-6-9-24(36)19-33-23-7-2-1-3-8-23/h1-5,7-8,10-15,17-18,24,33,37H,6,9,16,19-20H2,(H,35,39). The summed E-state index contributed by atoms with van der Waals surface area (Å²) in [6.07, 6.45) is 3.48. The van der Waals surface area contributed by atoms with E-state index in [4.69, 9.17) is 16.3 Å². The monoisotopic (exact) mass is 556 g/mol. The molecule has 0 aromatic heterocycles. The van der Waals surface area contributed by atoms with Crippen LogP contribution in [0.5, 0.6) is 11.5 Å². The van der Waals surface area contributed by atoms with Crippen molar-refractivity contribution in [2.75, 3.05) is 25.0 Å². The number of phenols is 1. The molecule has 0 bridgehead atoms. The zero-order chi connectivity index (χ0) is 27.9. The van der Waals surface area contributed by atoms with Crippen LogP contribution in [0, 0.1) is 0 Å². The summed E-state index contributed by atoms with van der Waals surface area (Å²) in [4.78, 5) is 27.4. The molecule has 40 heavy (non-hydrogen) atoms. The maximum atomic E-state index is 13.1. The van der Waals surface area contributed by atoms with Crippen LogP contribution >= 0.6 is 11.6 Å². The Morgan fingerprint density at radius 2 is 1.80 bits per heavy atom. The third kappa shape index (κ3) is 6.35. The maximum absolute atomic E-state index is 13.1. The second kappa shape index (κ2) is 12.5. The van der Waals surface area contributed by atoms with Gasteiger partial charge in [-0.15, -0.1) is 0 Å². The van der Waals surface area contributed by atoms with Gasteiger partial charge in [0.25, 0.3) is 11.8 Å². The van der Waals surface area contributed by atoms with Gasteiger partial charge in [0.15, 0.2) is 6.61 Å². The summed E-state index contributed by atoms with van der Waals surface area (Å²) in [7, 11) is 0. The van der Waals surface area contributed by atoms with Crippen molar-refractivity contribution in [1.29, 1.82) is 0 Å². The van der Waals surface area contributed by atoms with Gasteiger partial charge in [0.2, 0.25) is 0 Å². The largest absolute Gasteiger partial charge is 0.506 e. The third-order valence-corrected chi connectivity index (χ3v) is 7.16. The number of phenolic OH excluding ortho intramolecular Hbond substituents is 1. The van der Waals surface area contributed by atoms with Gasteiger partial charge in [0, 0.05) is 41.3 Å². The fourth-order valence-electron chi connectivity index (χ4n) is 4.80. The minimum absolute atomic E-state index is 0.0378. The van der Waals surface area contributed by atoms with Gasteiger partial charge >= 0.3 is 0 Å². The summed E-state index contributed by atoms with van der Waals surface area (Å²) in [5.74, 6) is 0.00349. The van der Waals surface area contributed by atoms with E-state index in [1.54, 1.807) is 12.3 Å². The molecule has 0 saturated carbocycles. The number of carbonyl (C=O) groups excluding carboxylic acids is 2. The molecular weight excluding hydrogens is 528 g/mol. The SMILES string of the molecule is O=C(NN=Cc1ccc(OCC(=O)N2CCCC2CNc2ccccc2)c2ccccc12)c1ccc(O)c(Cl)c1. The molecule has 1 fully saturated rings. The zero-order valence-electron chi connectivity index (χ0n) is 21.7. The molecular formula is C31H29ClN4O4. The minimum atomic E-state index is -0.458. The molecule has 5 rings (SSSR count). The van der Waals surface area contributed by atoms with E-state index >= 15 is 0 Å². The quantitative estimate of drug-likeness (QED) is 0.188. The Balaban J connectivity index is 1.22. The number of benzene rings is 4. The van der Waals surface area contributed by atoms with E-state index in [2.05, 4.69) is 15.8 Å². The number of fused-ring (bicyclic) bond motifs is 1. The van der Waals surface area contributed by atoms with Crippen LogP contribution in [-0.4, -0.2) is 53.8 Å². The highest BCUT2D eigenvalue weighted by Gasteiger charge is 2.28. The molecule has 1 aliphatic rings. The van der Waals surface area contributed by atoms with Gasteiger partial charge in [-0.1, -0.05) is 54.1 Å². The number of aromatic hydroxyl groups is 1. The van der Waals surface area contributed by atoms with Crippen LogP contribution < -0.4 is 15.5 Å². The summed E-state index contributed by atoms with van der Waals surface area (Å²) < 4.78 is 6.02. The number of likely N-dealkylation sites (tertiary alicyclic amines) is 1. The van der Waals surface area contributed by atoms with Crippen LogP contribution in [0.25, 0.3) is 10.8 Å². The van der Waals surface area contributed by atoms with Gasteiger partial charge in [0.1, 0.15) is 11.5 Å². The highest BCUT2D eigenvalue weighted by atomic mass is 35.5. The fourth-order valence-corrected chi connectivity index (χ4v) is 4.98. The summed E-state index contributed by atoms with van der Waals surface area (Å²) in [6, 6.07) is 25.6. The molecule has 1 aliphatic heterocycles. The van der Waals surface area contributed by atoms with E-state index < -0.39 is 5.91 Å². The molecule has 3 N–H and O–H groups in total. The van der Waals surface area contributed by atoms with Gasteiger partial charge in [-0.25, -0.2) is 5.43 Å². The first-order valence-electron chi connectivity index (χ1n) is 13.0. The topological polar surface area (TPSA) is 103 Å². The van der Waals surface area contributed by atoms with Crippen LogP contribution in [0.4, 0.5) is 5.69 Å². The van der Waals surface area contributed by atoms with Crippen molar-refractivity contribution in [3.63, 3.8) is 0 Å². The van der Waals surface area contributed by atoms with Crippen molar-refractivity contribution in [2.45, 2.75) is 18.9 Å². The van der Waals surface area contributed by atoms with Gasteiger partial charge in [-0.3, -0.25) is 9.59 Å². The molecule has 4 aromatic carbocycles. The van der Waals surface area contributed by atoms with E-state index in [9.17, 15) is 14.7 Å². The van der Waals surface area contributed by atoms with E-state index in [1.807, 2.05) is 65.6 Å². The lowest BCUT2D eigenvalue weighted by molar-refractivity contribution is -0.133. The average molecular weight is 557 g/mol. The van der Waals surface area contributed by atoms with Gasteiger partial charge < -0.3 is 20.1 Å². The Morgan fingerprint density at radius 1 is 1.02 bits per heavy atom. The number of ether oxygens (including phenoxy) is 1. The average Bonchev–Trinajstić information content (AvgIpc) is 3.46. The van der Waals surface area contributed by atoms with Gasteiger partial charge in [-0.2, -0.15) is 5.10 Å². The predicted octanol–water partition coefficient (Wildman–Crippen LogP) is 5.44. The molecule has 1 atom stereocenters. The van der Waals surface area contributed by atoms with Crippen molar-refractivity contribution in [1.82, 2.24) is 10.3 Å². The van der Waals surface area contributed by atoms with Crippen molar-refractivity contribution in [3.05, 3.63) is 101 Å². The van der Waals surface area contributed by atoms with Gasteiger partial charge in [-0.05, 0) is 60.7 Å². The maximum Gasteiger partial charge on any atom is 0.271 e. The van der Waals surface area contributed by atoms with Crippen LogP contribution in [0.3, 0.4) is 0 Å². The lowest BCUT2D eigenvalue weighted by Crippen LogP contribution is -2.42. The van der Waals surface area contributed by atoms with Gasteiger partial charge in [0.05, 0.1) is 11.2 Å². The number of amides is 2. The number of anilines is 1. The van der Waals surface area contributed by atoms with Crippen LogP contribution in [-0.2, 0) is 4.79 Å². The van der Waals surface area contributed by atoms with E-state index in [-0.39, 0.29) is 34.9 Å². The highest BCUT2D eigenvalue weighted by molar-refractivity contribution is 6.32. The fraction of sp³-hybridized carbons (Fsp3) is 0.194. The molecule has 0 spiro atoms. The summed E-state index contributed by atoms with van der Waals surface area (Å²) in [6.45, 7) is 1.37. The molecule has 1 heterocycles. The van der Waals surface area contributed by atoms with Crippen molar-refractivity contribution < 1.29 is 19.4 Å².